The van der Waals surface area contributed by atoms with E-state index in [2.05, 4.69) is 191 Å². The van der Waals surface area contributed by atoms with Crippen LogP contribution in [0.1, 0.15) is 290 Å². The second-order valence-electron chi connectivity index (χ2n) is 26.1. The highest BCUT2D eigenvalue weighted by Gasteiger charge is 2.29. The number of carbonyl (C=O) groups is 3. The zero-order valence-corrected chi connectivity index (χ0v) is 66.9. The van der Waals surface area contributed by atoms with Gasteiger partial charge in [-0.25, -0.2) is 9.13 Å². The Morgan fingerprint density at radius 1 is 0.267 bits per heavy atom. The molecule has 16 nitrogen and oxygen atoms in total. The van der Waals surface area contributed by atoms with E-state index in [0.29, 0.717) is 25.7 Å². The van der Waals surface area contributed by atoms with E-state index in [1.54, 1.807) is 0 Å². The molecule has 0 amide bonds. The average molecular weight is 1510 g/mol. The van der Waals surface area contributed by atoms with Crippen molar-refractivity contribution in [2.24, 2.45) is 0 Å². The highest BCUT2D eigenvalue weighted by atomic mass is 31.2. The van der Waals surface area contributed by atoms with E-state index in [0.717, 1.165) is 167 Å². The maximum Gasteiger partial charge on any atom is 0.472 e. The number of carbonyl (C=O) groups excluding carboxylic acids is 3. The summed E-state index contributed by atoms with van der Waals surface area (Å²) in [6.07, 6.45) is 101. The summed E-state index contributed by atoms with van der Waals surface area (Å²) in [5.74, 6) is -1.67. The van der Waals surface area contributed by atoms with Gasteiger partial charge in [-0.15, -0.1) is 0 Å². The normalized spacial score (nSPS) is 14.9. The molecule has 0 aromatic rings. The Labute approximate surface area is 636 Å². The molecule has 0 radical (unpaired) electrons. The van der Waals surface area contributed by atoms with E-state index in [9.17, 15) is 43.5 Å². The summed E-state index contributed by atoms with van der Waals surface area (Å²) in [6, 6.07) is 0. The van der Waals surface area contributed by atoms with Crippen molar-refractivity contribution in [2.45, 2.75) is 309 Å². The molecule has 0 fully saturated rings. The van der Waals surface area contributed by atoms with Crippen molar-refractivity contribution in [3.05, 3.63) is 182 Å². The first-order valence-corrected chi connectivity index (χ1v) is 43.1. The molecule has 0 heterocycles. The second kappa shape index (κ2) is 78.2. The van der Waals surface area contributed by atoms with Crippen molar-refractivity contribution >= 4 is 33.6 Å². The predicted octanol–water partition coefficient (Wildman–Crippen LogP) is 23.8. The number of hydrogen-bond acceptors (Lipinski definition) is 14. The predicted molar refractivity (Wildman–Crippen MR) is 435 cm³/mol. The maximum absolute atomic E-state index is 13.0. The van der Waals surface area contributed by atoms with Crippen molar-refractivity contribution in [1.82, 2.24) is 0 Å². The third kappa shape index (κ3) is 79.5. The van der Waals surface area contributed by atoms with Gasteiger partial charge in [0.1, 0.15) is 25.4 Å². The molecule has 5 atom stereocenters. The lowest BCUT2D eigenvalue weighted by Crippen LogP contribution is -2.30. The number of ether oxygens (including phenoxy) is 3. The standard InChI is InChI=1S/C87H142O16P2/c1-4-7-10-13-16-19-22-25-28-31-33-35-37-38-39-40-41-42-44-46-47-50-52-55-58-61-64-67-70-73-85(90)97-76-82(88)77-99-104(93,94)100-78-83(89)79-101-105(95,96)102-81-84(103-87(92)75-72-69-66-63-60-57-54-49-30-27-24-21-18-15-12-9-6-3)80-98-86(91)74-71-68-65-62-59-56-53-51-48-45-43-36-34-32-29-26-23-20-17-14-11-8-5-2/h7-12,16-21,25-30,33-36,38-39,45,48,54,57,63,66,82-84,88-89H,4-6,13-15,22-24,31-32,37,40-44,46-47,49-53,55-56,58-62,64-65,67-81H2,1-3H3,(H,93,94)(H,95,96)/b10-7-,11-8-,12-9-,19-16-,20-17-,21-18-,28-25-,29-26-,30-27-,35-33-,36-34-,39-38-,48-45-,57-54-,66-63-. The van der Waals surface area contributed by atoms with Gasteiger partial charge in [-0.3, -0.25) is 32.5 Å². The van der Waals surface area contributed by atoms with Gasteiger partial charge >= 0.3 is 33.6 Å². The second-order valence-corrected chi connectivity index (χ2v) is 29.0. The van der Waals surface area contributed by atoms with Crippen LogP contribution in [-0.2, 0) is 55.8 Å². The Hall–Kier alpha value is -5.35. The van der Waals surface area contributed by atoms with Crippen LogP contribution in [0.3, 0.4) is 0 Å². The number of aliphatic hydroxyl groups is 2. The summed E-state index contributed by atoms with van der Waals surface area (Å²) < 4.78 is 61.1. The lowest BCUT2D eigenvalue weighted by atomic mass is 10.0. The number of phosphoric ester groups is 2. The van der Waals surface area contributed by atoms with Gasteiger partial charge in [0.25, 0.3) is 0 Å². The topological polar surface area (TPSA) is 231 Å². The van der Waals surface area contributed by atoms with Crippen LogP contribution in [0.15, 0.2) is 182 Å². The van der Waals surface area contributed by atoms with Gasteiger partial charge in [-0.05, 0) is 148 Å². The fraction of sp³-hybridized carbons (Fsp3) is 0.621. The molecule has 0 aliphatic carbocycles. The first-order chi connectivity index (χ1) is 51.2. The summed E-state index contributed by atoms with van der Waals surface area (Å²) in [4.78, 5) is 58.7. The fourth-order valence-corrected chi connectivity index (χ4v) is 11.7. The number of phosphoric acid groups is 2. The first kappa shape index (κ1) is 99.7. The van der Waals surface area contributed by atoms with Gasteiger partial charge < -0.3 is 34.2 Å². The van der Waals surface area contributed by atoms with Gasteiger partial charge in [0, 0.05) is 19.3 Å². The number of esters is 3. The average Bonchev–Trinajstić information content (AvgIpc) is 0.941. The Bertz CT molecular complexity index is 2640. The zero-order valence-electron chi connectivity index (χ0n) is 65.1. The lowest BCUT2D eigenvalue weighted by molar-refractivity contribution is -0.161. The zero-order chi connectivity index (χ0) is 76.6. The molecule has 0 aromatic carbocycles. The number of rotatable bonds is 74. The van der Waals surface area contributed by atoms with E-state index >= 15 is 0 Å². The van der Waals surface area contributed by atoms with Gasteiger partial charge in [0.05, 0.1) is 26.4 Å². The van der Waals surface area contributed by atoms with Crippen LogP contribution >= 0.6 is 15.6 Å². The van der Waals surface area contributed by atoms with Gasteiger partial charge in [-0.2, -0.15) is 0 Å². The Balaban J connectivity index is 4.62. The molecule has 0 aromatic heterocycles. The quantitative estimate of drug-likeness (QED) is 0.0146. The molecule has 18 heteroatoms. The van der Waals surface area contributed by atoms with E-state index in [-0.39, 0.29) is 19.3 Å². The molecule has 0 bridgehead atoms. The number of aliphatic hydroxyl groups excluding tert-OH is 2. The van der Waals surface area contributed by atoms with Crippen LogP contribution in [-0.4, -0.2) is 95.9 Å². The van der Waals surface area contributed by atoms with E-state index in [4.69, 9.17) is 32.3 Å². The molecule has 0 aliphatic rings. The Morgan fingerprint density at radius 3 is 0.781 bits per heavy atom. The molecule has 0 saturated heterocycles. The van der Waals surface area contributed by atoms with Gasteiger partial charge in [0.15, 0.2) is 6.10 Å². The summed E-state index contributed by atoms with van der Waals surface area (Å²) in [7, 11) is -9.83. The van der Waals surface area contributed by atoms with E-state index < -0.39 is 91.5 Å². The van der Waals surface area contributed by atoms with Crippen molar-refractivity contribution in [2.75, 3.05) is 39.6 Å². The lowest BCUT2D eigenvalue weighted by Gasteiger charge is -2.21. The minimum absolute atomic E-state index is 0.0171. The van der Waals surface area contributed by atoms with Crippen LogP contribution in [0.25, 0.3) is 0 Å². The molecule has 0 saturated carbocycles. The Kier molecular flexibility index (Phi) is 74.3. The number of allylic oxidation sites excluding steroid dienone is 30. The molecule has 4 N–H and O–H groups in total. The van der Waals surface area contributed by atoms with Crippen LogP contribution in [0.2, 0.25) is 0 Å². The van der Waals surface area contributed by atoms with Crippen molar-refractivity contribution in [1.29, 1.82) is 0 Å². The fourth-order valence-electron chi connectivity index (χ4n) is 10.1. The van der Waals surface area contributed by atoms with Crippen molar-refractivity contribution < 1.29 is 75.8 Å². The highest BCUT2D eigenvalue weighted by Crippen LogP contribution is 2.45. The van der Waals surface area contributed by atoms with Crippen molar-refractivity contribution in [3.63, 3.8) is 0 Å². The number of hydrogen-bond donors (Lipinski definition) is 4. The molecule has 0 aliphatic heterocycles. The summed E-state index contributed by atoms with van der Waals surface area (Å²) >= 11 is 0. The monoisotopic (exact) mass is 1500 g/mol. The van der Waals surface area contributed by atoms with Crippen molar-refractivity contribution in [3.8, 4) is 0 Å². The van der Waals surface area contributed by atoms with Gasteiger partial charge in [-0.1, -0.05) is 306 Å². The summed E-state index contributed by atoms with van der Waals surface area (Å²) in [5, 5.41) is 20.7. The summed E-state index contributed by atoms with van der Waals surface area (Å²) in [6.45, 7) is 2.25. The number of unbranched alkanes of at least 4 members (excludes halogenated alkanes) is 21. The first-order valence-electron chi connectivity index (χ1n) is 40.1. The van der Waals surface area contributed by atoms with Crippen LogP contribution < -0.4 is 0 Å². The minimum atomic E-state index is -4.96. The molecular formula is C87H142O16P2. The minimum Gasteiger partial charge on any atom is -0.463 e. The van der Waals surface area contributed by atoms with Crippen LogP contribution in [0.4, 0.5) is 0 Å². The maximum atomic E-state index is 13.0. The van der Waals surface area contributed by atoms with Gasteiger partial charge in [0.2, 0.25) is 0 Å². The smallest absolute Gasteiger partial charge is 0.463 e. The van der Waals surface area contributed by atoms with Crippen LogP contribution in [0, 0.1) is 0 Å². The molecule has 596 valence electrons. The molecule has 105 heavy (non-hydrogen) atoms. The largest absolute Gasteiger partial charge is 0.472 e. The molecular weight excluding hydrogens is 1360 g/mol. The molecule has 0 spiro atoms. The SMILES string of the molecule is CC/C=C\C/C=C\C/C=C\C/C=C\C/C=C\CCCCCCCCCCCCCCCC(=O)OCC(O)COP(=O)(O)OCC(O)COP(=O)(O)OCC(COC(=O)CCCCCCCCC/C=C\C/C=C\C/C=C\C/C=C\C/C=C\CC)OC(=O)CCC/C=C\C/C=C\C/C=C\C/C=C\C/C=C\CC. The highest BCUT2D eigenvalue weighted by molar-refractivity contribution is 7.47. The van der Waals surface area contributed by atoms with E-state index in [1.165, 1.54) is 57.8 Å². The Morgan fingerprint density at radius 2 is 0.486 bits per heavy atom. The third-order valence-electron chi connectivity index (χ3n) is 16.1. The van der Waals surface area contributed by atoms with Crippen LogP contribution in [0.5, 0.6) is 0 Å². The molecule has 0 rings (SSSR count). The summed E-state index contributed by atoms with van der Waals surface area (Å²) in [5.41, 5.74) is 0. The van der Waals surface area contributed by atoms with E-state index in [1.807, 2.05) is 12.2 Å². The third-order valence-corrected chi connectivity index (χ3v) is 18.0. The molecule has 5 unspecified atom stereocenters.